The van der Waals surface area contributed by atoms with Crippen LogP contribution in [0.4, 0.5) is 0 Å². The number of hydrogen-bond acceptors (Lipinski definition) is 3. The molecule has 2 aromatic carbocycles. The molecule has 160 valence electrons. The Balaban J connectivity index is 0.00000320. The van der Waals surface area contributed by atoms with E-state index < -0.39 is 0 Å². The third-order valence-corrected chi connectivity index (χ3v) is 4.83. The Hall–Kier alpha value is -2.13. The van der Waals surface area contributed by atoms with E-state index in [-0.39, 0.29) is 29.4 Å². The molecule has 0 bridgehead atoms. The maximum absolute atomic E-state index is 6.11. The lowest BCUT2D eigenvalue weighted by molar-refractivity contribution is 0.359. The van der Waals surface area contributed by atoms with Gasteiger partial charge < -0.3 is 10.6 Å². The molecule has 0 atom stereocenters. The molecule has 0 aliphatic carbocycles. The van der Waals surface area contributed by atoms with Crippen molar-refractivity contribution in [3.8, 4) is 5.69 Å². The zero-order valence-electron chi connectivity index (χ0n) is 17.5. The van der Waals surface area contributed by atoms with Crippen molar-refractivity contribution in [3.63, 3.8) is 0 Å². The highest BCUT2D eigenvalue weighted by Gasteiger charge is 2.19. The van der Waals surface area contributed by atoms with Gasteiger partial charge in [0.05, 0.1) is 6.54 Å². The summed E-state index contributed by atoms with van der Waals surface area (Å²) >= 11 is 6.11. The third kappa shape index (κ3) is 6.98. The quantitative estimate of drug-likeness (QED) is 0.265. The second-order valence-corrected chi connectivity index (χ2v) is 8.14. The van der Waals surface area contributed by atoms with Gasteiger partial charge in [0.15, 0.2) is 11.8 Å². The first-order chi connectivity index (χ1) is 14.0. The minimum absolute atomic E-state index is 0. The zero-order valence-corrected chi connectivity index (χ0v) is 20.6. The topological polar surface area (TPSA) is 67.1 Å². The summed E-state index contributed by atoms with van der Waals surface area (Å²) < 4.78 is 1.96. The molecule has 8 heteroatoms. The number of aromatic nitrogens is 3. The maximum atomic E-state index is 6.11. The maximum Gasteiger partial charge on any atom is 0.191 e. The summed E-state index contributed by atoms with van der Waals surface area (Å²) in [5.41, 5.74) is 2.29. The van der Waals surface area contributed by atoms with Gasteiger partial charge in [0, 0.05) is 24.3 Å². The molecule has 0 fully saturated rings. The lowest BCUT2D eigenvalue weighted by Gasteiger charge is -2.26. The van der Waals surface area contributed by atoms with Crippen LogP contribution in [0.15, 0.2) is 65.9 Å². The number of para-hydroxylation sites is 1. The minimum Gasteiger partial charge on any atom is -0.356 e. The first kappa shape index (κ1) is 24.1. The van der Waals surface area contributed by atoms with Gasteiger partial charge in [-0.05, 0) is 41.7 Å². The van der Waals surface area contributed by atoms with E-state index in [4.69, 9.17) is 11.6 Å². The molecule has 0 unspecified atom stereocenters. The number of guanidine groups is 1. The summed E-state index contributed by atoms with van der Waals surface area (Å²) in [5.74, 6) is 1.55. The van der Waals surface area contributed by atoms with Crippen LogP contribution < -0.4 is 10.6 Å². The van der Waals surface area contributed by atoms with Gasteiger partial charge in [-0.15, -0.1) is 34.2 Å². The largest absolute Gasteiger partial charge is 0.356 e. The Kier molecular flexibility index (Phi) is 9.10. The first-order valence-corrected chi connectivity index (χ1v) is 9.98. The van der Waals surface area contributed by atoms with E-state index in [1.54, 1.807) is 13.4 Å². The average Bonchev–Trinajstić information content (AvgIpc) is 3.17. The van der Waals surface area contributed by atoms with Crippen LogP contribution in [0.5, 0.6) is 0 Å². The van der Waals surface area contributed by atoms with Crippen LogP contribution in [0.2, 0.25) is 5.02 Å². The second-order valence-electron chi connectivity index (χ2n) is 7.70. The van der Waals surface area contributed by atoms with Gasteiger partial charge in [0.2, 0.25) is 0 Å². The van der Waals surface area contributed by atoms with Crippen molar-refractivity contribution >= 4 is 41.5 Å². The Morgan fingerprint density at radius 1 is 1.10 bits per heavy atom. The zero-order chi connectivity index (χ0) is 20.7. The summed E-state index contributed by atoms with van der Waals surface area (Å²) in [5, 5.41) is 15.8. The Bertz CT molecular complexity index is 955. The van der Waals surface area contributed by atoms with E-state index in [0.29, 0.717) is 6.54 Å². The van der Waals surface area contributed by atoms with Gasteiger partial charge in [0.25, 0.3) is 0 Å². The molecule has 1 aromatic heterocycles. The molecule has 0 spiro atoms. The van der Waals surface area contributed by atoms with Crippen molar-refractivity contribution < 1.29 is 0 Å². The second kappa shape index (κ2) is 11.3. The molecule has 6 nitrogen and oxygen atoms in total. The SMILES string of the molecule is CN=C(NCc1nncn1-c1ccccc1)NCC(C)(C)Cc1cccc(Cl)c1.I. The van der Waals surface area contributed by atoms with Gasteiger partial charge in [-0.3, -0.25) is 9.56 Å². The van der Waals surface area contributed by atoms with Gasteiger partial charge in [0.1, 0.15) is 6.33 Å². The van der Waals surface area contributed by atoms with E-state index in [2.05, 4.69) is 45.7 Å². The fraction of sp³-hybridized carbons (Fsp3) is 0.318. The van der Waals surface area contributed by atoms with Crippen LogP contribution in [-0.4, -0.2) is 34.3 Å². The molecule has 1 heterocycles. The summed E-state index contributed by atoms with van der Waals surface area (Å²) in [4.78, 5) is 4.33. The third-order valence-electron chi connectivity index (χ3n) is 4.60. The van der Waals surface area contributed by atoms with Crippen molar-refractivity contribution in [2.75, 3.05) is 13.6 Å². The van der Waals surface area contributed by atoms with Crippen LogP contribution in [0.25, 0.3) is 5.69 Å². The molecular weight excluding hydrogens is 511 g/mol. The van der Waals surface area contributed by atoms with Crippen LogP contribution in [0, 0.1) is 5.41 Å². The molecule has 0 radical (unpaired) electrons. The fourth-order valence-corrected chi connectivity index (χ4v) is 3.37. The molecule has 0 saturated carbocycles. The molecule has 3 aromatic rings. The lowest BCUT2D eigenvalue weighted by atomic mass is 9.86. The number of halogens is 2. The summed E-state index contributed by atoms with van der Waals surface area (Å²) in [7, 11) is 1.77. The van der Waals surface area contributed by atoms with E-state index in [9.17, 15) is 0 Å². The van der Waals surface area contributed by atoms with Crippen LogP contribution >= 0.6 is 35.6 Å². The van der Waals surface area contributed by atoms with Gasteiger partial charge in [-0.2, -0.15) is 0 Å². The van der Waals surface area contributed by atoms with Crippen LogP contribution in [0.1, 0.15) is 25.2 Å². The van der Waals surface area contributed by atoms with Gasteiger partial charge in [-0.25, -0.2) is 0 Å². The number of benzene rings is 2. The highest BCUT2D eigenvalue weighted by Crippen LogP contribution is 2.22. The monoisotopic (exact) mass is 538 g/mol. The number of nitrogens with one attached hydrogen (secondary N) is 2. The average molecular weight is 539 g/mol. The van der Waals surface area contributed by atoms with E-state index in [1.165, 1.54) is 5.56 Å². The number of nitrogens with zero attached hydrogens (tertiary/aromatic N) is 4. The Morgan fingerprint density at radius 2 is 1.87 bits per heavy atom. The summed E-state index contributed by atoms with van der Waals surface area (Å²) in [6.45, 7) is 5.73. The van der Waals surface area contributed by atoms with Gasteiger partial charge in [-0.1, -0.05) is 55.8 Å². The Labute approximate surface area is 200 Å². The normalized spacial score (nSPS) is 11.7. The highest BCUT2D eigenvalue weighted by molar-refractivity contribution is 14.0. The van der Waals surface area contributed by atoms with Crippen molar-refractivity contribution in [3.05, 3.63) is 77.3 Å². The minimum atomic E-state index is 0. The number of aliphatic imine (C=N–C) groups is 1. The van der Waals surface area contributed by atoms with Crippen LogP contribution in [-0.2, 0) is 13.0 Å². The van der Waals surface area contributed by atoms with E-state index in [1.807, 2.05) is 53.1 Å². The smallest absolute Gasteiger partial charge is 0.191 e. The number of rotatable bonds is 7. The van der Waals surface area contributed by atoms with Crippen LogP contribution in [0.3, 0.4) is 0 Å². The Morgan fingerprint density at radius 3 is 2.57 bits per heavy atom. The predicted octanol–water partition coefficient (Wildman–Crippen LogP) is 4.47. The van der Waals surface area contributed by atoms with Crippen molar-refractivity contribution in [2.24, 2.45) is 10.4 Å². The molecular formula is C22H28ClIN6. The first-order valence-electron chi connectivity index (χ1n) is 9.60. The molecule has 30 heavy (non-hydrogen) atoms. The molecule has 0 aliphatic rings. The number of hydrogen-bond donors (Lipinski definition) is 2. The highest BCUT2D eigenvalue weighted by atomic mass is 127. The predicted molar refractivity (Wildman–Crippen MR) is 134 cm³/mol. The van der Waals surface area contributed by atoms with Crippen molar-refractivity contribution in [1.82, 2.24) is 25.4 Å². The summed E-state index contributed by atoms with van der Waals surface area (Å²) in [6, 6.07) is 18.0. The molecule has 0 amide bonds. The lowest BCUT2D eigenvalue weighted by Crippen LogP contribution is -2.42. The van der Waals surface area contributed by atoms with Crippen molar-refractivity contribution in [1.29, 1.82) is 0 Å². The fourth-order valence-electron chi connectivity index (χ4n) is 3.15. The molecule has 2 N–H and O–H groups in total. The summed E-state index contributed by atoms with van der Waals surface area (Å²) in [6.07, 6.45) is 2.64. The molecule has 3 rings (SSSR count). The standard InChI is InChI=1S/C22H27ClN6.HI/c1-22(2,13-17-8-7-9-18(23)12-17)15-26-21(24-3)25-14-20-28-27-16-29(20)19-10-5-4-6-11-19;/h4-12,16H,13-15H2,1-3H3,(H2,24,25,26);1H. The van der Waals surface area contributed by atoms with E-state index >= 15 is 0 Å². The van der Waals surface area contributed by atoms with Gasteiger partial charge >= 0.3 is 0 Å². The van der Waals surface area contributed by atoms with E-state index in [0.717, 1.165) is 35.5 Å². The molecule has 0 aliphatic heterocycles. The van der Waals surface area contributed by atoms with Crippen molar-refractivity contribution in [2.45, 2.75) is 26.8 Å². The molecule has 0 saturated heterocycles.